The van der Waals surface area contributed by atoms with E-state index in [1.807, 2.05) is 0 Å². The Balaban J connectivity index is 1.67. The lowest BCUT2D eigenvalue weighted by Crippen LogP contribution is -1.98. The van der Waals surface area contributed by atoms with Gasteiger partial charge in [-0.15, -0.1) is 0 Å². The number of anilines is 4. The quantitative estimate of drug-likeness (QED) is 0.286. The van der Waals surface area contributed by atoms with Crippen molar-refractivity contribution in [3.63, 3.8) is 0 Å². The van der Waals surface area contributed by atoms with Gasteiger partial charge in [0.25, 0.3) is 0 Å². The number of aryl methyl sites for hydroxylation is 4. The fourth-order valence-electron chi connectivity index (χ4n) is 4.45. The van der Waals surface area contributed by atoms with Crippen molar-refractivity contribution in [3.8, 4) is 0 Å². The highest BCUT2D eigenvalue weighted by molar-refractivity contribution is 6.10. The molecule has 0 aromatic heterocycles. The van der Waals surface area contributed by atoms with Crippen LogP contribution >= 0.6 is 0 Å². The summed E-state index contributed by atoms with van der Waals surface area (Å²) in [6, 6.07) is 30.6. The summed E-state index contributed by atoms with van der Waals surface area (Å²) in [6.07, 6.45) is 0. The van der Waals surface area contributed by atoms with E-state index in [0.29, 0.717) is 0 Å². The fraction of sp³-hybridized carbons (Fsp3) is 0.133. The van der Waals surface area contributed by atoms with Crippen molar-refractivity contribution in [1.82, 2.24) is 0 Å². The molecule has 5 aromatic carbocycles. The lowest BCUT2D eigenvalue weighted by atomic mass is 10.00. The Morgan fingerprint density at radius 2 is 0.844 bits per heavy atom. The number of hydrogen-bond acceptors (Lipinski definition) is 2. The number of benzene rings is 5. The van der Waals surface area contributed by atoms with Gasteiger partial charge in [0.2, 0.25) is 0 Å². The van der Waals surface area contributed by atoms with E-state index in [1.165, 1.54) is 43.8 Å². The normalized spacial score (nSPS) is 11.1. The molecule has 2 N–H and O–H groups in total. The van der Waals surface area contributed by atoms with Gasteiger partial charge in [-0.05, 0) is 86.0 Å². The van der Waals surface area contributed by atoms with Crippen LogP contribution in [0.3, 0.4) is 0 Å². The smallest absolute Gasteiger partial charge is 0.0465 e. The lowest BCUT2D eigenvalue weighted by Gasteiger charge is -2.18. The van der Waals surface area contributed by atoms with E-state index < -0.39 is 0 Å². The Hall–Kier alpha value is -3.78. The van der Waals surface area contributed by atoms with Gasteiger partial charge in [-0.1, -0.05) is 59.7 Å². The van der Waals surface area contributed by atoms with Gasteiger partial charge in [-0.3, -0.25) is 0 Å². The third-order valence-corrected chi connectivity index (χ3v) is 6.19. The molecule has 0 aliphatic carbocycles. The molecule has 5 rings (SSSR count). The fourth-order valence-corrected chi connectivity index (χ4v) is 4.45. The average Bonchev–Trinajstić information content (AvgIpc) is 2.77. The molecule has 0 fully saturated rings. The summed E-state index contributed by atoms with van der Waals surface area (Å²) in [7, 11) is 0. The van der Waals surface area contributed by atoms with Crippen molar-refractivity contribution in [1.29, 1.82) is 0 Å². The molecular weight excluding hydrogens is 388 g/mol. The first-order chi connectivity index (χ1) is 15.5. The van der Waals surface area contributed by atoms with Gasteiger partial charge in [0.05, 0.1) is 0 Å². The highest BCUT2D eigenvalue weighted by Gasteiger charge is 2.11. The average molecular weight is 417 g/mol. The molecule has 0 spiro atoms. The summed E-state index contributed by atoms with van der Waals surface area (Å²) in [4.78, 5) is 0. The minimum absolute atomic E-state index is 1.11. The molecule has 5 aromatic rings. The third-order valence-electron chi connectivity index (χ3n) is 6.19. The van der Waals surface area contributed by atoms with Crippen LogP contribution in [0.2, 0.25) is 0 Å². The van der Waals surface area contributed by atoms with E-state index in [0.717, 1.165) is 22.7 Å². The second-order valence-corrected chi connectivity index (χ2v) is 8.79. The second kappa shape index (κ2) is 8.05. The molecule has 2 nitrogen and oxygen atoms in total. The summed E-state index contributed by atoms with van der Waals surface area (Å²) in [5.74, 6) is 0. The number of hydrogen-bond donors (Lipinski definition) is 2. The topological polar surface area (TPSA) is 24.1 Å². The van der Waals surface area contributed by atoms with Gasteiger partial charge in [0.1, 0.15) is 0 Å². The molecule has 2 heteroatoms. The minimum atomic E-state index is 1.11. The molecule has 0 unspecified atom stereocenters. The van der Waals surface area contributed by atoms with E-state index in [1.54, 1.807) is 0 Å². The molecule has 0 saturated carbocycles. The van der Waals surface area contributed by atoms with Crippen LogP contribution in [0, 0.1) is 27.7 Å². The van der Waals surface area contributed by atoms with E-state index in [2.05, 4.69) is 123 Å². The van der Waals surface area contributed by atoms with Crippen LogP contribution in [0.25, 0.3) is 21.5 Å². The lowest BCUT2D eigenvalue weighted by molar-refractivity contribution is 1.37. The van der Waals surface area contributed by atoms with Crippen molar-refractivity contribution >= 4 is 44.3 Å². The van der Waals surface area contributed by atoms with Crippen LogP contribution in [0.4, 0.5) is 22.7 Å². The van der Waals surface area contributed by atoms with Gasteiger partial charge < -0.3 is 10.6 Å². The third kappa shape index (κ3) is 3.80. The standard InChI is InChI=1S/C30H28N2/c1-19-9-11-27(21(3)15-19)31-29-13-14-30(32-28-12-10-20(2)16-22(28)4)26-18-24-8-6-5-7-23(24)17-25(26)29/h5-18,31-32H,1-4H3. The van der Waals surface area contributed by atoms with Crippen molar-refractivity contribution in [2.45, 2.75) is 27.7 Å². The molecule has 0 aliphatic heterocycles. The van der Waals surface area contributed by atoms with E-state index in [-0.39, 0.29) is 0 Å². The number of nitrogens with one attached hydrogen (secondary N) is 2. The molecule has 158 valence electrons. The zero-order chi connectivity index (χ0) is 22.2. The first kappa shape index (κ1) is 20.1. The minimum Gasteiger partial charge on any atom is -0.355 e. The molecule has 0 heterocycles. The first-order valence-electron chi connectivity index (χ1n) is 11.1. The molecule has 0 radical (unpaired) electrons. The monoisotopic (exact) mass is 416 g/mol. The molecule has 0 amide bonds. The second-order valence-electron chi connectivity index (χ2n) is 8.79. The number of rotatable bonds is 4. The van der Waals surface area contributed by atoms with Gasteiger partial charge in [-0.25, -0.2) is 0 Å². The summed E-state index contributed by atoms with van der Waals surface area (Å²) in [5.41, 5.74) is 9.55. The van der Waals surface area contributed by atoms with Crippen molar-refractivity contribution < 1.29 is 0 Å². The van der Waals surface area contributed by atoms with E-state index in [9.17, 15) is 0 Å². The summed E-state index contributed by atoms with van der Waals surface area (Å²) in [5, 5.41) is 12.3. The van der Waals surface area contributed by atoms with Gasteiger partial charge >= 0.3 is 0 Å². The predicted octanol–water partition coefficient (Wildman–Crippen LogP) is 8.71. The molecule has 32 heavy (non-hydrogen) atoms. The summed E-state index contributed by atoms with van der Waals surface area (Å²) >= 11 is 0. The Kier molecular flexibility index (Phi) is 5.07. The van der Waals surface area contributed by atoms with Crippen LogP contribution in [-0.4, -0.2) is 0 Å². The molecule has 0 saturated heterocycles. The Morgan fingerprint density at radius 1 is 0.438 bits per heavy atom. The first-order valence-corrected chi connectivity index (χ1v) is 11.1. The summed E-state index contributed by atoms with van der Waals surface area (Å²) < 4.78 is 0. The van der Waals surface area contributed by atoms with E-state index >= 15 is 0 Å². The van der Waals surface area contributed by atoms with Gasteiger partial charge in [0, 0.05) is 33.5 Å². The highest BCUT2D eigenvalue weighted by Crippen LogP contribution is 2.37. The SMILES string of the molecule is Cc1ccc(Nc2ccc(Nc3ccc(C)cc3C)c3cc4ccccc4cc23)c(C)c1. The maximum Gasteiger partial charge on any atom is 0.0465 e. The van der Waals surface area contributed by atoms with Crippen LogP contribution in [-0.2, 0) is 0 Å². The zero-order valence-electron chi connectivity index (χ0n) is 19.1. The Bertz CT molecular complexity index is 1350. The number of fused-ring (bicyclic) bond motifs is 2. The van der Waals surface area contributed by atoms with Crippen LogP contribution in [0.1, 0.15) is 22.3 Å². The van der Waals surface area contributed by atoms with Gasteiger partial charge in [-0.2, -0.15) is 0 Å². The van der Waals surface area contributed by atoms with Crippen LogP contribution in [0.15, 0.2) is 84.9 Å². The van der Waals surface area contributed by atoms with Crippen LogP contribution < -0.4 is 10.6 Å². The Morgan fingerprint density at radius 3 is 1.25 bits per heavy atom. The van der Waals surface area contributed by atoms with Crippen molar-refractivity contribution in [3.05, 3.63) is 107 Å². The van der Waals surface area contributed by atoms with Crippen molar-refractivity contribution in [2.75, 3.05) is 10.6 Å². The van der Waals surface area contributed by atoms with E-state index in [4.69, 9.17) is 0 Å². The van der Waals surface area contributed by atoms with Gasteiger partial charge in [0.15, 0.2) is 0 Å². The molecule has 0 bridgehead atoms. The zero-order valence-corrected chi connectivity index (χ0v) is 19.1. The largest absolute Gasteiger partial charge is 0.355 e. The Labute approximate surface area is 189 Å². The molecular formula is C30H28N2. The maximum atomic E-state index is 3.69. The van der Waals surface area contributed by atoms with Crippen molar-refractivity contribution in [2.24, 2.45) is 0 Å². The van der Waals surface area contributed by atoms with Crippen LogP contribution in [0.5, 0.6) is 0 Å². The molecule has 0 atom stereocenters. The highest BCUT2D eigenvalue weighted by atomic mass is 14.9. The maximum absolute atomic E-state index is 3.69. The molecule has 0 aliphatic rings. The predicted molar refractivity (Wildman–Crippen MR) is 140 cm³/mol. The summed E-state index contributed by atoms with van der Waals surface area (Å²) in [6.45, 7) is 8.57.